The molecule has 0 spiro atoms. The van der Waals surface area contributed by atoms with Gasteiger partial charge in [0.2, 0.25) is 5.71 Å². The normalized spacial score (nSPS) is 16.1. The molecule has 28 heavy (non-hydrogen) atoms. The molecule has 0 fully saturated rings. The van der Waals surface area contributed by atoms with E-state index in [4.69, 9.17) is 23.2 Å². The van der Waals surface area contributed by atoms with E-state index in [9.17, 15) is 0 Å². The summed E-state index contributed by atoms with van der Waals surface area (Å²) in [4.78, 5) is 2.01. The average Bonchev–Trinajstić information content (AvgIpc) is 2.61. The Hall–Kier alpha value is -2.03. The van der Waals surface area contributed by atoms with Crippen molar-refractivity contribution < 1.29 is 4.58 Å². The van der Waals surface area contributed by atoms with Crippen molar-refractivity contribution in [3.05, 3.63) is 81.4 Å². The van der Waals surface area contributed by atoms with Gasteiger partial charge in [0.05, 0.1) is 10.7 Å². The van der Waals surface area contributed by atoms with E-state index in [1.165, 1.54) is 5.57 Å². The van der Waals surface area contributed by atoms with Gasteiger partial charge in [-0.05, 0) is 47.4 Å². The smallest absolute Gasteiger partial charge is 0.218 e. The van der Waals surface area contributed by atoms with E-state index >= 15 is 0 Å². The first kappa shape index (κ1) is 22.3. The first-order valence-electron chi connectivity index (χ1n) is 9.47. The standard InChI is InChI=1S/C24H29Cl2N2/c1-6-8-18(15-20-12-14-24(28(4)5)22(26)17-20)9-7-10-19-11-13-23(27(2)3)21(25)16-19/h7,9-17H,6,8H2,1-5H3/q+1. The Kier molecular flexibility index (Phi) is 8.35. The summed E-state index contributed by atoms with van der Waals surface area (Å²) in [6, 6.07) is 6.11. The lowest BCUT2D eigenvalue weighted by atomic mass is 10.0. The molecule has 0 bridgehead atoms. The van der Waals surface area contributed by atoms with E-state index in [1.807, 2.05) is 55.9 Å². The Balaban J connectivity index is 2.22. The van der Waals surface area contributed by atoms with Crippen LogP contribution in [-0.2, 0) is 0 Å². The molecule has 148 valence electrons. The molecule has 0 heterocycles. The van der Waals surface area contributed by atoms with Gasteiger partial charge in [-0.3, -0.25) is 0 Å². The van der Waals surface area contributed by atoms with Crippen LogP contribution in [0.1, 0.15) is 25.3 Å². The molecule has 4 heteroatoms. The van der Waals surface area contributed by atoms with Gasteiger partial charge in [0.1, 0.15) is 19.1 Å². The summed E-state index contributed by atoms with van der Waals surface area (Å²) in [6.45, 7) is 2.19. The number of hydrogen-bond donors (Lipinski definition) is 0. The fourth-order valence-electron chi connectivity index (χ4n) is 2.95. The van der Waals surface area contributed by atoms with Gasteiger partial charge in [0, 0.05) is 20.2 Å². The second-order valence-electron chi connectivity index (χ2n) is 7.21. The Morgan fingerprint density at radius 1 is 1.14 bits per heavy atom. The van der Waals surface area contributed by atoms with Crippen molar-refractivity contribution in [2.45, 2.75) is 19.8 Å². The molecule has 0 amide bonds. The predicted molar refractivity (Wildman–Crippen MR) is 126 cm³/mol. The number of hydrogen-bond acceptors (Lipinski definition) is 1. The van der Waals surface area contributed by atoms with E-state index < -0.39 is 0 Å². The summed E-state index contributed by atoms with van der Waals surface area (Å²) in [7, 11) is 7.97. The van der Waals surface area contributed by atoms with Crippen molar-refractivity contribution in [3.63, 3.8) is 0 Å². The Labute approximate surface area is 179 Å². The minimum atomic E-state index is 0.757. The molecule has 2 nitrogen and oxygen atoms in total. The lowest BCUT2D eigenvalue weighted by Crippen LogP contribution is -2.13. The van der Waals surface area contributed by atoms with E-state index in [0.29, 0.717) is 0 Å². The zero-order chi connectivity index (χ0) is 20.7. The topological polar surface area (TPSA) is 6.25 Å². The zero-order valence-corrected chi connectivity index (χ0v) is 18.8. The zero-order valence-electron chi connectivity index (χ0n) is 17.3. The number of nitrogens with zero attached hydrogens (tertiary/aromatic N) is 2. The van der Waals surface area contributed by atoms with Gasteiger partial charge in [0.15, 0.2) is 0 Å². The number of halogens is 2. The largest absolute Gasteiger partial charge is 0.376 e. The summed E-state index contributed by atoms with van der Waals surface area (Å²) in [5.74, 6) is 0. The Morgan fingerprint density at radius 2 is 1.89 bits per heavy atom. The third-order valence-electron chi connectivity index (χ3n) is 4.40. The molecule has 1 aliphatic carbocycles. The highest BCUT2D eigenvalue weighted by Crippen LogP contribution is 2.26. The quantitative estimate of drug-likeness (QED) is 0.380. The van der Waals surface area contributed by atoms with Crippen molar-refractivity contribution in [3.8, 4) is 0 Å². The van der Waals surface area contributed by atoms with Crippen molar-refractivity contribution in [1.82, 2.24) is 0 Å². The van der Waals surface area contributed by atoms with Crippen molar-refractivity contribution in [2.75, 3.05) is 33.1 Å². The maximum absolute atomic E-state index is 6.41. The highest BCUT2D eigenvalue weighted by atomic mass is 35.5. The van der Waals surface area contributed by atoms with E-state index in [0.717, 1.165) is 45.4 Å². The molecule has 0 radical (unpaired) electrons. The van der Waals surface area contributed by atoms with E-state index in [-0.39, 0.29) is 0 Å². The fourth-order valence-corrected chi connectivity index (χ4v) is 3.67. The van der Waals surface area contributed by atoms with Crippen LogP contribution in [0.2, 0.25) is 5.02 Å². The van der Waals surface area contributed by atoms with Crippen LogP contribution in [0.25, 0.3) is 6.08 Å². The van der Waals surface area contributed by atoms with Gasteiger partial charge in [-0.1, -0.05) is 66.9 Å². The minimum absolute atomic E-state index is 0.757. The van der Waals surface area contributed by atoms with Crippen molar-refractivity contribution in [1.29, 1.82) is 0 Å². The molecule has 0 aromatic heterocycles. The maximum Gasteiger partial charge on any atom is 0.218 e. The summed E-state index contributed by atoms with van der Waals surface area (Å²) < 4.78 is 2.02. The molecule has 0 unspecified atom stereocenters. The van der Waals surface area contributed by atoms with Gasteiger partial charge >= 0.3 is 0 Å². The molecule has 1 aromatic carbocycles. The fraction of sp³-hybridized carbons (Fsp3) is 0.292. The lowest BCUT2D eigenvalue weighted by Gasteiger charge is -2.14. The van der Waals surface area contributed by atoms with Crippen molar-refractivity contribution >= 4 is 40.7 Å². The number of allylic oxidation sites excluding steroid dienone is 9. The maximum atomic E-state index is 6.41. The van der Waals surface area contributed by atoms with Gasteiger partial charge < -0.3 is 4.90 Å². The van der Waals surface area contributed by atoms with Gasteiger partial charge in [-0.15, -0.1) is 0 Å². The van der Waals surface area contributed by atoms with Crippen LogP contribution in [0.3, 0.4) is 0 Å². The molecular formula is C24H29Cl2N2+. The summed E-state index contributed by atoms with van der Waals surface area (Å²) in [5.41, 5.74) is 5.51. The average molecular weight is 416 g/mol. The molecule has 0 N–H and O–H groups in total. The molecule has 0 atom stereocenters. The molecule has 1 aliphatic rings. The lowest BCUT2D eigenvalue weighted by molar-refractivity contribution is -0.462. The minimum Gasteiger partial charge on any atom is -0.376 e. The summed E-state index contributed by atoms with van der Waals surface area (Å²) >= 11 is 12.8. The van der Waals surface area contributed by atoms with E-state index in [2.05, 4.69) is 49.4 Å². The van der Waals surface area contributed by atoms with E-state index in [1.54, 1.807) is 0 Å². The highest BCUT2D eigenvalue weighted by molar-refractivity contribution is 6.45. The van der Waals surface area contributed by atoms with Crippen LogP contribution in [0, 0.1) is 0 Å². The van der Waals surface area contributed by atoms with Gasteiger partial charge in [-0.2, -0.15) is 0 Å². The number of benzene rings is 1. The van der Waals surface area contributed by atoms with Crippen LogP contribution in [0.5, 0.6) is 0 Å². The summed E-state index contributed by atoms with van der Waals surface area (Å²) in [5, 5.41) is 1.52. The third kappa shape index (κ3) is 6.25. The van der Waals surface area contributed by atoms with Crippen LogP contribution in [0.15, 0.2) is 70.8 Å². The molecule has 0 saturated carbocycles. The molecule has 0 saturated heterocycles. The first-order chi connectivity index (χ1) is 13.3. The second-order valence-corrected chi connectivity index (χ2v) is 8.02. The highest BCUT2D eigenvalue weighted by Gasteiger charge is 2.13. The molecule has 0 aliphatic heterocycles. The third-order valence-corrected chi connectivity index (χ3v) is 5.00. The SMILES string of the molecule is CCCC(C=C1C=CC(=[N+](C)C)C(Cl)=C1)=CC=Cc1ccc(N(C)C)c(Cl)c1. The molecular weight excluding hydrogens is 387 g/mol. The van der Waals surface area contributed by atoms with Crippen LogP contribution in [-0.4, -0.2) is 38.5 Å². The molecule has 1 aromatic rings. The molecule has 2 rings (SSSR count). The Bertz CT molecular complexity index is 893. The second kappa shape index (κ2) is 10.5. The number of anilines is 1. The van der Waals surface area contributed by atoms with Crippen LogP contribution < -0.4 is 4.90 Å². The van der Waals surface area contributed by atoms with Gasteiger partial charge in [-0.25, -0.2) is 4.58 Å². The Morgan fingerprint density at radius 3 is 2.46 bits per heavy atom. The predicted octanol–water partition coefficient (Wildman–Crippen LogP) is 6.48. The number of rotatable bonds is 6. The van der Waals surface area contributed by atoms with Crippen molar-refractivity contribution in [2.24, 2.45) is 0 Å². The van der Waals surface area contributed by atoms with Gasteiger partial charge in [0.25, 0.3) is 0 Å². The monoisotopic (exact) mass is 415 g/mol. The summed E-state index contributed by atoms with van der Waals surface area (Å²) in [6.07, 6.45) is 16.8. The first-order valence-corrected chi connectivity index (χ1v) is 10.2. The van der Waals surface area contributed by atoms with Crippen LogP contribution >= 0.6 is 23.2 Å². The van der Waals surface area contributed by atoms with Crippen LogP contribution in [0.4, 0.5) is 5.69 Å².